The lowest BCUT2D eigenvalue weighted by Gasteiger charge is -2.45. The predicted molar refractivity (Wildman–Crippen MR) is 69.1 cm³/mol. The fourth-order valence-corrected chi connectivity index (χ4v) is 3.95. The normalized spacial score (nSPS) is 37.6. The Morgan fingerprint density at radius 2 is 2.06 bits per heavy atom. The zero-order valence-electron chi connectivity index (χ0n) is 11.2. The zero-order valence-corrected chi connectivity index (χ0v) is 11.2. The van der Waals surface area contributed by atoms with E-state index in [9.17, 15) is 0 Å². The molecule has 2 unspecified atom stereocenters. The molecule has 0 aromatic carbocycles. The van der Waals surface area contributed by atoms with E-state index in [1.54, 1.807) is 0 Å². The van der Waals surface area contributed by atoms with Crippen LogP contribution in [0.3, 0.4) is 0 Å². The first-order valence-corrected chi connectivity index (χ1v) is 7.30. The van der Waals surface area contributed by atoms with Crippen molar-refractivity contribution >= 4 is 0 Å². The Labute approximate surface area is 105 Å². The van der Waals surface area contributed by atoms with Gasteiger partial charge >= 0.3 is 0 Å². The van der Waals surface area contributed by atoms with Gasteiger partial charge in [0.25, 0.3) is 0 Å². The van der Waals surface area contributed by atoms with Crippen LogP contribution in [0.1, 0.15) is 39.5 Å². The highest BCUT2D eigenvalue weighted by Gasteiger charge is 2.51. The number of rotatable bonds is 1. The SMILES string of the molecule is CC(C)N1CCC2(CC1)COC1CCCNC12. The van der Waals surface area contributed by atoms with Gasteiger partial charge < -0.3 is 15.0 Å². The van der Waals surface area contributed by atoms with Crippen LogP contribution in [-0.4, -0.2) is 49.3 Å². The molecule has 3 heteroatoms. The zero-order chi connectivity index (χ0) is 11.9. The van der Waals surface area contributed by atoms with E-state index in [4.69, 9.17) is 4.74 Å². The lowest BCUT2D eigenvalue weighted by molar-refractivity contribution is 0.0539. The maximum Gasteiger partial charge on any atom is 0.0735 e. The number of likely N-dealkylation sites (tertiary alicyclic amines) is 1. The van der Waals surface area contributed by atoms with E-state index in [2.05, 4.69) is 24.1 Å². The standard InChI is InChI=1S/C14H26N2O/c1-11(2)16-8-5-14(6-9-16)10-17-12-4-3-7-15-13(12)14/h11-13,15H,3-10H2,1-2H3. The lowest BCUT2D eigenvalue weighted by atomic mass is 9.71. The topological polar surface area (TPSA) is 24.5 Å². The Morgan fingerprint density at radius 1 is 1.29 bits per heavy atom. The average Bonchev–Trinajstić information content (AvgIpc) is 2.70. The number of hydrogen-bond donors (Lipinski definition) is 1. The summed E-state index contributed by atoms with van der Waals surface area (Å²) in [5.41, 5.74) is 0.455. The van der Waals surface area contributed by atoms with Crippen molar-refractivity contribution in [1.82, 2.24) is 10.2 Å². The molecule has 3 nitrogen and oxygen atoms in total. The van der Waals surface area contributed by atoms with Gasteiger partial charge in [-0.1, -0.05) is 0 Å². The molecule has 0 bridgehead atoms. The quantitative estimate of drug-likeness (QED) is 0.751. The highest BCUT2D eigenvalue weighted by molar-refractivity contribution is 5.04. The van der Waals surface area contributed by atoms with Gasteiger partial charge in [-0.3, -0.25) is 0 Å². The molecule has 17 heavy (non-hydrogen) atoms. The highest BCUT2D eigenvalue weighted by atomic mass is 16.5. The minimum absolute atomic E-state index is 0.455. The lowest BCUT2D eigenvalue weighted by Crippen LogP contribution is -2.55. The minimum Gasteiger partial charge on any atom is -0.376 e. The van der Waals surface area contributed by atoms with Crippen molar-refractivity contribution < 1.29 is 4.74 Å². The number of nitrogens with zero attached hydrogens (tertiary/aromatic N) is 1. The third-order valence-electron chi connectivity index (χ3n) is 5.17. The van der Waals surface area contributed by atoms with E-state index in [0.29, 0.717) is 23.6 Å². The Hall–Kier alpha value is -0.120. The van der Waals surface area contributed by atoms with Crippen LogP contribution in [0.4, 0.5) is 0 Å². The number of hydrogen-bond acceptors (Lipinski definition) is 3. The Kier molecular flexibility index (Phi) is 3.18. The molecule has 3 aliphatic heterocycles. The molecule has 2 atom stereocenters. The van der Waals surface area contributed by atoms with Crippen molar-refractivity contribution in [2.24, 2.45) is 5.41 Å². The second kappa shape index (κ2) is 4.52. The summed E-state index contributed by atoms with van der Waals surface area (Å²) in [6.45, 7) is 9.33. The second-order valence-corrected chi connectivity index (χ2v) is 6.42. The van der Waals surface area contributed by atoms with Crippen molar-refractivity contribution in [2.45, 2.75) is 57.7 Å². The van der Waals surface area contributed by atoms with E-state index < -0.39 is 0 Å². The average molecular weight is 238 g/mol. The first kappa shape index (κ1) is 11.9. The fourth-order valence-electron chi connectivity index (χ4n) is 3.95. The smallest absolute Gasteiger partial charge is 0.0735 e. The van der Waals surface area contributed by atoms with Gasteiger partial charge in [0.05, 0.1) is 12.7 Å². The highest BCUT2D eigenvalue weighted by Crippen LogP contribution is 2.44. The van der Waals surface area contributed by atoms with Gasteiger partial charge in [-0.2, -0.15) is 0 Å². The van der Waals surface area contributed by atoms with Gasteiger partial charge in [-0.15, -0.1) is 0 Å². The van der Waals surface area contributed by atoms with Gasteiger partial charge in [0.15, 0.2) is 0 Å². The van der Waals surface area contributed by atoms with Crippen molar-refractivity contribution in [3.05, 3.63) is 0 Å². The summed E-state index contributed by atoms with van der Waals surface area (Å²) in [6, 6.07) is 1.34. The molecule has 3 fully saturated rings. The molecular formula is C14H26N2O. The third-order valence-corrected chi connectivity index (χ3v) is 5.17. The summed E-state index contributed by atoms with van der Waals surface area (Å²) in [4.78, 5) is 2.61. The molecule has 0 aromatic rings. The van der Waals surface area contributed by atoms with Gasteiger partial charge in [0, 0.05) is 17.5 Å². The largest absolute Gasteiger partial charge is 0.376 e. The first-order chi connectivity index (χ1) is 8.21. The van der Waals surface area contributed by atoms with Crippen LogP contribution in [0.5, 0.6) is 0 Å². The molecule has 3 saturated heterocycles. The van der Waals surface area contributed by atoms with E-state index >= 15 is 0 Å². The van der Waals surface area contributed by atoms with E-state index in [1.807, 2.05) is 0 Å². The summed E-state index contributed by atoms with van der Waals surface area (Å²) in [6.07, 6.45) is 5.70. The molecule has 3 aliphatic rings. The van der Waals surface area contributed by atoms with Gasteiger partial charge in [0.2, 0.25) is 0 Å². The minimum atomic E-state index is 0.455. The molecule has 1 N–H and O–H groups in total. The third kappa shape index (κ3) is 2.02. The molecule has 0 saturated carbocycles. The molecule has 0 amide bonds. The summed E-state index contributed by atoms with van der Waals surface area (Å²) in [7, 11) is 0. The van der Waals surface area contributed by atoms with Gasteiger partial charge in [0.1, 0.15) is 0 Å². The molecule has 98 valence electrons. The number of ether oxygens (including phenoxy) is 1. The molecule has 3 rings (SSSR count). The predicted octanol–water partition coefficient (Wildman–Crippen LogP) is 1.63. The summed E-state index contributed by atoms with van der Waals surface area (Å²) < 4.78 is 6.06. The molecule has 0 radical (unpaired) electrons. The van der Waals surface area contributed by atoms with Gasteiger partial charge in [-0.25, -0.2) is 0 Å². The molecular weight excluding hydrogens is 212 g/mol. The fraction of sp³-hybridized carbons (Fsp3) is 1.00. The van der Waals surface area contributed by atoms with E-state index in [0.717, 1.165) is 6.61 Å². The number of fused-ring (bicyclic) bond motifs is 2. The van der Waals surface area contributed by atoms with Crippen molar-refractivity contribution in [2.75, 3.05) is 26.2 Å². The molecule has 1 spiro atoms. The molecule has 3 heterocycles. The van der Waals surface area contributed by atoms with Crippen LogP contribution in [0.2, 0.25) is 0 Å². The molecule has 0 aromatic heterocycles. The van der Waals surface area contributed by atoms with Crippen LogP contribution in [0, 0.1) is 5.41 Å². The summed E-state index contributed by atoms with van der Waals surface area (Å²) in [5, 5.41) is 3.74. The monoisotopic (exact) mass is 238 g/mol. The van der Waals surface area contributed by atoms with Crippen molar-refractivity contribution in [3.63, 3.8) is 0 Å². The molecule has 0 aliphatic carbocycles. The van der Waals surface area contributed by atoms with Crippen molar-refractivity contribution in [1.29, 1.82) is 0 Å². The van der Waals surface area contributed by atoms with Crippen molar-refractivity contribution in [3.8, 4) is 0 Å². The van der Waals surface area contributed by atoms with Crippen LogP contribution < -0.4 is 5.32 Å². The maximum atomic E-state index is 6.06. The number of piperidine rings is 2. The van der Waals surface area contributed by atoms with E-state index in [1.165, 1.54) is 45.3 Å². The van der Waals surface area contributed by atoms with Gasteiger partial charge in [-0.05, 0) is 59.2 Å². The number of nitrogens with one attached hydrogen (secondary N) is 1. The van der Waals surface area contributed by atoms with Crippen LogP contribution in [0.15, 0.2) is 0 Å². The van der Waals surface area contributed by atoms with Crippen LogP contribution in [0.25, 0.3) is 0 Å². The summed E-state index contributed by atoms with van der Waals surface area (Å²) >= 11 is 0. The Morgan fingerprint density at radius 3 is 2.76 bits per heavy atom. The van der Waals surface area contributed by atoms with Crippen LogP contribution >= 0.6 is 0 Å². The first-order valence-electron chi connectivity index (χ1n) is 7.30. The van der Waals surface area contributed by atoms with Crippen LogP contribution in [-0.2, 0) is 4.74 Å². The second-order valence-electron chi connectivity index (χ2n) is 6.42. The summed E-state index contributed by atoms with van der Waals surface area (Å²) in [5.74, 6) is 0. The van der Waals surface area contributed by atoms with E-state index in [-0.39, 0.29) is 0 Å². The Balaban J connectivity index is 1.67. The maximum absolute atomic E-state index is 6.06. The Bertz CT molecular complexity index is 271.